The van der Waals surface area contributed by atoms with E-state index in [-0.39, 0.29) is 6.42 Å². The average Bonchev–Trinajstić information content (AvgIpc) is 2.65. The predicted octanol–water partition coefficient (Wildman–Crippen LogP) is 5.72. The molecule has 3 aromatic carbocycles. The molecule has 5 heteroatoms. The van der Waals surface area contributed by atoms with Crippen molar-refractivity contribution in [3.05, 3.63) is 94.0 Å². The summed E-state index contributed by atoms with van der Waals surface area (Å²) in [5.41, 5.74) is 1.64. The summed E-state index contributed by atoms with van der Waals surface area (Å²) in [7, 11) is 0. The van der Waals surface area contributed by atoms with Crippen molar-refractivity contribution in [2.75, 3.05) is 0 Å². The summed E-state index contributed by atoms with van der Waals surface area (Å²) in [5.74, 6) is 0.700. The minimum atomic E-state index is -0.432. The molecule has 0 atom stereocenters. The van der Waals surface area contributed by atoms with Crippen LogP contribution >= 0.6 is 23.2 Å². The Hall–Kier alpha value is -2.49. The fourth-order valence-electron chi connectivity index (χ4n) is 2.36. The van der Waals surface area contributed by atoms with E-state index in [9.17, 15) is 4.79 Å². The van der Waals surface area contributed by atoms with E-state index in [1.165, 1.54) is 0 Å². The molecule has 0 unspecified atom stereocenters. The summed E-state index contributed by atoms with van der Waals surface area (Å²) >= 11 is 12.1. The lowest BCUT2D eigenvalue weighted by Gasteiger charge is -2.09. The highest BCUT2D eigenvalue weighted by Gasteiger charge is 2.12. The van der Waals surface area contributed by atoms with Gasteiger partial charge in [-0.1, -0.05) is 59.6 Å². The Morgan fingerprint density at radius 3 is 2.04 bits per heavy atom. The molecule has 0 bridgehead atoms. The lowest BCUT2D eigenvalue weighted by molar-refractivity contribution is -0.133. The molecule has 3 rings (SSSR count). The molecule has 0 saturated carbocycles. The van der Waals surface area contributed by atoms with Gasteiger partial charge >= 0.3 is 5.97 Å². The van der Waals surface area contributed by atoms with Crippen molar-refractivity contribution in [1.82, 2.24) is 0 Å². The van der Waals surface area contributed by atoms with Gasteiger partial charge in [-0.25, -0.2) is 0 Å². The number of carbonyl (C=O) groups excluding carboxylic acids is 1. The van der Waals surface area contributed by atoms with Crippen LogP contribution in [0.2, 0.25) is 10.0 Å². The van der Waals surface area contributed by atoms with Crippen LogP contribution in [0.3, 0.4) is 0 Å². The van der Waals surface area contributed by atoms with Gasteiger partial charge in [0.05, 0.1) is 6.42 Å². The van der Waals surface area contributed by atoms with Gasteiger partial charge in [0, 0.05) is 15.6 Å². The standard InChI is InChI=1S/C21H16Cl2O3/c22-19-7-4-8-20(23)18(19)13-21(24)26-17-11-9-16(10-12-17)25-14-15-5-2-1-3-6-15/h1-12H,13-14H2. The van der Waals surface area contributed by atoms with Crippen molar-refractivity contribution in [1.29, 1.82) is 0 Å². The maximum absolute atomic E-state index is 12.1. The molecule has 0 saturated heterocycles. The molecule has 0 aliphatic heterocycles. The lowest BCUT2D eigenvalue weighted by atomic mass is 10.1. The third-order valence-electron chi connectivity index (χ3n) is 3.69. The van der Waals surface area contributed by atoms with E-state index in [4.69, 9.17) is 32.7 Å². The van der Waals surface area contributed by atoms with Crippen molar-refractivity contribution in [3.8, 4) is 11.5 Å². The zero-order chi connectivity index (χ0) is 18.4. The third kappa shape index (κ3) is 5.01. The number of hydrogen-bond donors (Lipinski definition) is 0. The van der Waals surface area contributed by atoms with Gasteiger partial charge in [0.25, 0.3) is 0 Å². The van der Waals surface area contributed by atoms with Crippen molar-refractivity contribution < 1.29 is 14.3 Å². The quantitative estimate of drug-likeness (QED) is 0.401. The number of hydrogen-bond acceptors (Lipinski definition) is 3. The largest absolute Gasteiger partial charge is 0.489 e. The summed E-state index contributed by atoms with van der Waals surface area (Å²) in [5, 5.41) is 0.887. The molecule has 0 spiro atoms. The highest BCUT2D eigenvalue weighted by atomic mass is 35.5. The number of rotatable bonds is 6. The number of ether oxygens (including phenoxy) is 2. The first kappa shape index (κ1) is 18.3. The monoisotopic (exact) mass is 386 g/mol. The first-order valence-corrected chi connectivity index (χ1v) is 8.78. The molecule has 3 aromatic rings. The van der Waals surface area contributed by atoms with E-state index in [0.29, 0.717) is 33.7 Å². The molecule has 0 aliphatic rings. The van der Waals surface area contributed by atoms with Crippen LogP contribution in [0.5, 0.6) is 11.5 Å². The van der Waals surface area contributed by atoms with Gasteiger partial charge in [-0.3, -0.25) is 4.79 Å². The van der Waals surface area contributed by atoms with E-state index < -0.39 is 5.97 Å². The molecular weight excluding hydrogens is 371 g/mol. The van der Waals surface area contributed by atoms with Crippen LogP contribution < -0.4 is 9.47 Å². The zero-order valence-corrected chi connectivity index (χ0v) is 15.3. The summed E-state index contributed by atoms with van der Waals surface area (Å²) in [6.45, 7) is 0.477. The maximum Gasteiger partial charge on any atom is 0.315 e. The number of benzene rings is 3. The Morgan fingerprint density at radius 2 is 1.38 bits per heavy atom. The van der Waals surface area contributed by atoms with Crippen molar-refractivity contribution in [3.63, 3.8) is 0 Å². The molecule has 132 valence electrons. The van der Waals surface area contributed by atoms with Crippen LogP contribution in [0.15, 0.2) is 72.8 Å². The van der Waals surface area contributed by atoms with E-state index in [1.54, 1.807) is 42.5 Å². The molecule has 0 aliphatic carbocycles. The van der Waals surface area contributed by atoms with Crippen molar-refractivity contribution in [2.45, 2.75) is 13.0 Å². The molecular formula is C21H16Cl2O3. The molecule has 0 amide bonds. The molecule has 0 heterocycles. The summed E-state index contributed by atoms with van der Waals surface area (Å²) in [4.78, 5) is 12.1. The summed E-state index contributed by atoms with van der Waals surface area (Å²) in [6, 6.07) is 21.9. The van der Waals surface area contributed by atoms with Gasteiger partial charge in [-0.15, -0.1) is 0 Å². The van der Waals surface area contributed by atoms with Crippen molar-refractivity contribution >= 4 is 29.2 Å². The number of carbonyl (C=O) groups is 1. The smallest absolute Gasteiger partial charge is 0.315 e. The average molecular weight is 387 g/mol. The minimum Gasteiger partial charge on any atom is -0.489 e. The van der Waals surface area contributed by atoms with Crippen LogP contribution in [0.1, 0.15) is 11.1 Å². The second kappa shape index (κ2) is 8.75. The second-order valence-corrected chi connectivity index (χ2v) is 6.41. The normalized spacial score (nSPS) is 10.4. The van der Waals surface area contributed by atoms with Crippen LogP contribution in [0, 0.1) is 0 Å². The summed E-state index contributed by atoms with van der Waals surface area (Å²) < 4.78 is 11.0. The SMILES string of the molecule is O=C(Cc1c(Cl)cccc1Cl)Oc1ccc(OCc2ccccc2)cc1. The van der Waals surface area contributed by atoms with Crippen molar-refractivity contribution in [2.24, 2.45) is 0 Å². The van der Waals surface area contributed by atoms with Crippen LogP contribution in [0.4, 0.5) is 0 Å². The molecule has 26 heavy (non-hydrogen) atoms. The van der Waals surface area contributed by atoms with E-state index in [1.807, 2.05) is 30.3 Å². The van der Waals surface area contributed by atoms with E-state index >= 15 is 0 Å². The van der Waals surface area contributed by atoms with Gasteiger partial charge in [0.1, 0.15) is 18.1 Å². The Balaban J connectivity index is 1.56. The fourth-order valence-corrected chi connectivity index (χ4v) is 2.89. The highest BCUT2D eigenvalue weighted by molar-refractivity contribution is 6.36. The van der Waals surface area contributed by atoms with E-state index in [2.05, 4.69) is 0 Å². The third-order valence-corrected chi connectivity index (χ3v) is 4.39. The molecule has 0 radical (unpaired) electrons. The van der Waals surface area contributed by atoms with Gasteiger partial charge in [-0.2, -0.15) is 0 Å². The Labute approximate surface area is 162 Å². The topological polar surface area (TPSA) is 35.5 Å². The maximum atomic E-state index is 12.1. The minimum absolute atomic E-state index is 0.00473. The van der Waals surface area contributed by atoms with Crippen LogP contribution in [-0.2, 0) is 17.8 Å². The fraction of sp³-hybridized carbons (Fsp3) is 0.0952. The predicted molar refractivity (Wildman–Crippen MR) is 103 cm³/mol. The molecule has 0 aromatic heterocycles. The Kier molecular flexibility index (Phi) is 6.16. The van der Waals surface area contributed by atoms with Crippen LogP contribution in [-0.4, -0.2) is 5.97 Å². The zero-order valence-electron chi connectivity index (χ0n) is 13.8. The molecule has 0 fully saturated rings. The second-order valence-electron chi connectivity index (χ2n) is 5.60. The Bertz CT molecular complexity index is 857. The molecule has 3 nitrogen and oxygen atoms in total. The van der Waals surface area contributed by atoms with Gasteiger partial charge in [-0.05, 0) is 42.0 Å². The lowest BCUT2D eigenvalue weighted by Crippen LogP contribution is -2.11. The number of esters is 1. The molecule has 0 N–H and O–H groups in total. The van der Waals surface area contributed by atoms with Gasteiger partial charge in [0.2, 0.25) is 0 Å². The van der Waals surface area contributed by atoms with E-state index in [0.717, 1.165) is 5.56 Å². The Morgan fingerprint density at radius 1 is 0.769 bits per heavy atom. The first-order valence-electron chi connectivity index (χ1n) is 8.02. The number of halogens is 2. The van der Waals surface area contributed by atoms with Gasteiger partial charge in [0.15, 0.2) is 0 Å². The first-order chi connectivity index (χ1) is 12.6. The van der Waals surface area contributed by atoms with Crippen LogP contribution in [0.25, 0.3) is 0 Å². The summed E-state index contributed by atoms with van der Waals surface area (Å²) in [6.07, 6.45) is 0.00473. The van der Waals surface area contributed by atoms with Gasteiger partial charge < -0.3 is 9.47 Å². The highest BCUT2D eigenvalue weighted by Crippen LogP contribution is 2.25.